The lowest BCUT2D eigenvalue weighted by Gasteiger charge is -2.05. The molecule has 0 fully saturated rings. The quantitative estimate of drug-likeness (QED) is 0.725. The van der Waals surface area contributed by atoms with Crippen molar-refractivity contribution >= 4 is 11.6 Å². The highest BCUT2D eigenvalue weighted by Crippen LogP contribution is 2.22. The number of hydrogen-bond acceptors (Lipinski definition) is 3. The predicted molar refractivity (Wildman–Crippen MR) is 58.0 cm³/mol. The van der Waals surface area contributed by atoms with E-state index in [1.165, 1.54) is 5.56 Å². The van der Waals surface area contributed by atoms with Crippen molar-refractivity contribution in [2.75, 3.05) is 25.7 Å². The average Bonchev–Trinajstić information content (AvgIpc) is 2.72. The molecule has 0 radical (unpaired) electrons. The minimum absolute atomic E-state index is 0.0912. The van der Waals surface area contributed by atoms with Crippen LogP contribution in [0.1, 0.15) is 15.9 Å². The number of carbonyl (C=O) groups excluding carboxylic acids is 1. The number of anilines is 1. The van der Waals surface area contributed by atoms with Crippen LogP contribution >= 0.6 is 0 Å². The average molecular weight is 206 g/mol. The van der Waals surface area contributed by atoms with Crippen LogP contribution in [0.2, 0.25) is 0 Å². The summed E-state index contributed by atoms with van der Waals surface area (Å²) in [5.74, 6) is -0.0912. The third-order valence-electron chi connectivity index (χ3n) is 2.45. The van der Waals surface area contributed by atoms with Crippen molar-refractivity contribution in [3.05, 3.63) is 29.3 Å². The number of benzene rings is 1. The van der Waals surface area contributed by atoms with E-state index in [1.807, 2.05) is 18.2 Å². The van der Waals surface area contributed by atoms with E-state index in [4.69, 9.17) is 4.74 Å². The van der Waals surface area contributed by atoms with Gasteiger partial charge in [-0.1, -0.05) is 0 Å². The summed E-state index contributed by atoms with van der Waals surface area (Å²) in [5.41, 5.74) is 3.04. The molecule has 0 spiro atoms. The summed E-state index contributed by atoms with van der Waals surface area (Å²) < 4.78 is 4.78. The number of methoxy groups -OCH3 is 1. The fourth-order valence-corrected chi connectivity index (χ4v) is 1.69. The zero-order chi connectivity index (χ0) is 10.7. The molecule has 1 aromatic rings. The van der Waals surface area contributed by atoms with E-state index in [1.54, 1.807) is 7.11 Å². The number of hydrogen-bond donors (Lipinski definition) is 2. The summed E-state index contributed by atoms with van der Waals surface area (Å²) in [6.07, 6.45) is 0.987. The van der Waals surface area contributed by atoms with E-state index in [0.717, 1.165) is 18.7 Å². The predicted octanol–water partition coefficient (Wildman–Crippen LogP) is 0.988. The number of ether oxygens (including phenoxy) is 1. The SMILES string of the molecule is COCNC(=O)c1ccc2c(c1)CCN2. The lowest BCUT2D eigenvalue weighted by Crippen LogP contribution is -2.25. The molecule has 0 unspecified atom stereocenters. The van der Waals surface area contributed by atoms with Crippen LogP contribution in [-0.4, -0.2) is 26.3 Å². The summed E-state index contributed by atoms with van der Waals surface area (Å²) in [6.45, 7) is 1.20. The van der Waals surface area contributed by atoms with Crippen LogP contribution in [-0.2, 0) is 11.2 Å². The Hall–Kier alpha value is -1.55. The van der Waals surface area contributed by atoms with Gasteiger partial charge < -0.3 is 15.4 Å². The first-order valence-electron chi connectivity index (χ1n) is 4.95. The largest absolute Gasteiger partial charge is 0.384 e. The standard InChI is InChI=1S/C11H14N2O2/c1-15-7-13-11(14)9-2-3-10-8(6-9)4-5-12-10/h2-3,6,12H,4-5,7H2,1H3,(H,13,14). The topological polar surface area (TPSA) is 50.4 Å². The van der Waals surface area contributed by atoms with E-state index in [9.17, 15) is 4.79 Å². The third-order valence-corrected chi connectivity index (χ3v) is 2.45. The second-order valence-electron chi connectivity index (χ2n) is 3.49. The van der Waals surface area contributed by atoms with Crippen molar-refractivity contribution in [3.63, 3.8) is 0 Å². The second kappa shape index (κ2) is 4.31. The zero-order valence-electron chi connectivity index (χ0n) is 8.67. The Morgan fingerprint density at radius 3 is 3.27 bits per heavy atom. The maximum Gasteiger partial charge on any atom is 0.253 e. The van der Waals surface area contributed by atoms with Crippen molar-refractivity contribution in [2.45, 2.75) is 6.42 Å². The van der Waals surface area contributed by atoms with Crippen LogP contribution in [0.5, 0.6) is 0 Å². The van der Waals surface area contributed by atoms with Gasteiger partial charge >= 0.3 is 0 Å². The number of fused-ring (bicyclic) bond motifs is 1. The van der Waals surface area contributed by atoms with Gasteiger partial charge in [0, 0.05) is 24.9 Å². The Bertz CT molecular complexity index is 377. The van der Waals surface area contributed by atoms with Crippen LogP contribution in [0.15, 0.2) is 18.2 Å². The van der Waals surface area contributed by atoms with Crippen LogP contribution in [0.25, 0.3) is 0 Å². The van der Waals surface area contributed by atoms with Crippen LogP contribution in [0.3, 0.4) is 0 Å². The molecule has 1 aliphatic heterocycles. The lowest BCUT2D eigenvalue weighted by molar-refractivity contribution is 0.0872. The van der Waals surface area contributed by atoms with Gasteiger partial charge in [-0.05, 0) is 30.2 Å². The van der Waals surface area contributed by atoms with Crippen molar-refractivity contribution < 1.29 is 9.53 Å². The Labute approximate surface area is 88.6 Å². The van der Waals surface area contributed by atoms with Gasteiger partial charge in [0.15, 0.2) is 0 Å². The number of amides is 1. The molecule has 0 aromatic heterocycles. The van der Waals surface area contributed by atoms with E-state index in [2.05, 4.69) is 10.6 Å². The highest BCUT2D eigenvalue weighted by molar-refractivity contribution is 5.94. The fraction of sp³-hybridized carbons (Fsp3) is 0.364. The third kappa shape index (κ3) is 2.10. The Morgan fingerprint density at radius 2 is 2.47 bits per heavy atom. The molecule has 4 heteroatoms. The minimum Gasteiger partial charge on any atom is -0.384 e. The van der Waals surface area contributed by atoms with Gasteiger partial charge in [-0.3, -0.25) is 4.79 Å². The summed E-state index contributed by atoms with van der Waals surface area (Å²) in [4.78, 5) is 11.6. The summed E-state index contributed by atoms with van der Waals surface area (Å²) in [5, 5.41) is 5.91. The second-order valence-corrected chi connectivity index (χ2v) is 3.49. The van der Waals surface area contributed by atoms with Gasteiger partial charge in [-0.15, -0.1) is 0 Å². The lowest BCUT2D eigenvalue weighted by atomic mass is 10.1. The molecule has 0 saturated carbocycles. The van der Waals surface area contributed by atoms with Gasteiger partial charge in [0.05, 0.1) is 0 Å². The first kappa shape index (κ1) is 9.98. The molecule has 0 aliphatic carbocycles. The van der Waals surface area contributed by atoms with E-state index in [-0.39, 0.29) is 12.6 Å². The molecular formula is C11H14N2O2. The molecule has 0 bridgehead atoms. The van der Waals surface area contributed by atoms with Crippen molar-refractivity contribution in [2.24, 2.45) is 0 Å². The molecule has 0 atom stereocenters. The molecule has 1 aliphatic rings. The molecule has 2 N–H and O–H groups in total. The smallest absolute Gasteiger partial charge is 0.253 e. The molecule has 1 aromatic carbocycles. The number of nitrogens with one attached hydrogen (secondary N) is 2. The fourth-order valence-electron chi connectivity index (χ4n) is 1.69. The highest BCUT2D eigenvalue weighted by Gasteiger charge is 2.12. The van der Waals surface area contributed by atoms with Gasteiger partial charge in [0.1, 0.15) is 6.73 Å². The van der Waals surface area contributed by atoms with E-state index < -0.39 is 0 Å². The van der Waals surface area contributed by atoms with E-state index >= 15 is 0 Å². The highest BCUT2D eigenvalue weighted by atomic mass is 16.5. The summed E-state index contributed by atoms with van der Waals surface area (Å²) in [7, 11) is 1.55. The summed E-state index contributed by atoms with van der Waals surface area (Å²) >= 11 is 0. The Morgan fingerprint density at radius 1 is 1.60 bits per heavy atom. The molecule has 15 heavy (non-hydrogen) atoms. The minimum atomic E-state index is -0.0912. The van der Waals surface area contributed by atoms with Gasteiger partial charge in [-0.2, -0.15) is 0 Å². The van der Waals surface area contributed by atoms with Crippen LogP contribution < -0.4 is 10.6 Å². The maximum atomic E-state index is 11.6. The molecule has 1 amide bonds. The van der Waals surface area contributed by atoms with Crippen molar-refractivity contribution in [1.29, 1.82) is 0 Å². The monoisotopic (exact) mass is 206 g/mol. The molecule has 80 valence electrons. The Balaban J connectivity index is 2.12. The Kier molecular flexibility index (Phi) is 2.87. The zero-order valence-corrected chi connectivity index (χ0v) is 8.67. The van der Waals surface area contributed by atoms with Crippen molar-refractivity contribution in [1.82, 2.24) is 5.32 Å². The molecular weight excluding hydrogens is 192 g/mol. The summed E-state index contributed by atoms with van der Waals surface area (Å²) in [6, 6.07) is 5.70. The molecule has 2 rings (SSSR count). The number of rotatable bonds is 3. The van der Waals surface area contributed by atoms with Gasteiger partial charge in [-0.25, -0.2) is 0 Å². The molecule has 1 heterocycles. The number of carbonyl (C=O) groups is 1. The molecule has 4 nitrogen and oxygen atoms in total. The first-order valence-corrected chi connectivity index (χ1v) is 4.95. The maximum absolute atomic E-state index is 11.6. The van der Waals surface area contributed by atoms with Crippen LogP contribution in [0, 0.1) is 0 Å². The van der Waals surface area contributed by atoms with Crippen LogP contribution in [0.4, 0.5) is 5.69 Å². The van der Waals surface area contributed by atoms with E-state index in [0.29, 0.717) is 5.56 Å². The first-order chi connectivity index (χ1) is 7.31. The van der Waals surface area contributed by atoms with Crippen molar-refractivity contribution in [3.8, 4) is 0 Å². The normalized spacial score (nSPS) is 13.1. The molecule has 0 saturated heterocycles. The van der Waals surface area contributed by atoms with Gasteiger partial charge in [0.25, 0.3) is 5.91 Å². The van der Waals surface area contributed by atoms with Gasteiger partial charge in [0.2, 0.25) is 0 Å².